The Bertz CT molecular complexity index is 1370. The number of carboxylic acid groups (broad SMARTS) is 1. The minimum Gasteiger partial charge on any atom is -0.496 e. The van der Waals surface area contributed by atoms with Gasteiger partial charge in [-0.2, -0.15) is 0 Å². The lowest BCUT2D eigenvalue weighted by molar-refractivity contribution is 0.0680. The molecule has 0 bridgehead atoms. The first-order valence-corrected chi connectivity index (χ1v) is 11.6. The first-order chi connectivity index (χ1) is 17.1. The van der Waals surface area contributed by atoms with Gasteiger partial charge in [0.1, 0.15) is 29.2 Å². The van der Waals surface area contributed by atoms with Crippen LogP contribution in [-0.2, 0) is 6.42 Å². The standard InChI is InChI=1S/C27H26N4O4/c1-34-24-10-9-22-19(6-3-12-28-22)20(24)11-13-29-26-15-23(30-16-31-26)17-7-8-21(27(32)33)25(14-17)35-18-4-2-5-18/h3,6-10,12,14-16,18H,2,4-5,11,13H2,1H3,(H,32,33)(H,29,30,31). The molecule has 178 valence electrons. The van der Waals surface area contributed by atoms with Crippen LogP contribution in [0.1, 0.15) is 35.2 Å². The van der Waals surface area contributed by atoms with Crippen LogP contribution in [0, 0.1) is 0 Å². The normalized spacial score (nSPS) is 13.3. The Kier molecular flexibility index (Phi) is 6.43. The summed E-state index contributed by atoms with van der Waals surface area (Å²) in [7, 11) is 1.67. The number of pyridine rings is 1. The van der Waals surface area contributed by atoms with Crippen LogP contribution in [0.15, 0.2) is 61.1 Å². The van der Waals surface area contributed by atoms with Gasteiger partial charge in [0.2, 0.25) is 0 Å². The molecule has 8 nitrogen and oxygen atoms in total. The first-order valence-electron chi connectivity index (χ1n) is 11.6. The maximum atomic E-state index is 11.6. The molecule has 4 aromatic rings. The molecule has 0 aliphatic heterocycles. The van der Waals surface area contributed by atoms with E-state index in [-0.39, 0.29) is 11.7 Å². The Hall–Kier alpha value is -4.20. The number of hydrogen-bond donors (Lipinski definition) is 2. The maximum Gasteiger partial charge on any atom is 0.339 e. The largest absolute Gasteiger partial charge is 0.496 e. The van der Waals surface area contributed by atoms with Crippen molar-refractivity contribution in [3.05, 3.63) is 72.2 Å². The average molecular weight is 471 g/mol. The molecule has 2 N–H and O–H groups in total. The minimum absolute atomic E-state index is 0.0761. The fourth-order valence-corrected chi connectivity index (χ4v) is 4.19. The zero-order valence-electron chi connectivity index (χ0n) is 19.4. The molecule has 2 heterocycles. The number of methoxy groups -OCH3 is 1. The van der Waals surface area contributed by atoms with Crippen molar-refractivity contribution in [1.29, 1.82) is 0 Å². The van der Waals surface area contributed by atoms with E-state index in [4.69, 9.17) is 9.47 Å². The van der Waals surface area contributed by atoms with E-state index >= 15 is 0 Å². The van der Waals surface area contributed by atoms with Gasteiger partial charge in [0.15, 0.2) is 0 Å². The van der Waals surface area contributed by atoms with Crippen LogP contribution < -0.4 is 14.8 Å². The van der Waals surface area contributed by atoms with Gasteiger partial charge in [-0.05, 0) is 56.0 Å². The van der Waals surface area contributed by atoms with Crippen molar-refractivity contribution in [2.45, 2.75) is 31.8 Å². The average Bonchev–Trinajstić information content (AvgIpc) is 2.86. The van der Waals surface area contributed by atoms with Crippen LogP contribution >= 0.6 is 0 Å². The second kappa shape index (κ2) is 9.97. The summed E-state index contributed by atoms with van der Waals surface area (Å²) in [4.78, 5) is 24.8. The van der Waals surface area contributed by atoms with Crippen molar-refractivity contribution in [1.82, 2.24) is 15.0 Å². The molecule has 0 atom stereocenters. The molecule has 1 aliphatic rings. The minimum atomic E-state index is -1.00. The third kappa shape index (κ3) is 4.87. The fourth-order valence-electron chi connectivity index (χ4n) is 4.19. The number of fused-ring (bicyclic) bond motifs is 1. The summed E-state index contributed by atoms with van der Waals surface area (Å²) in [5.41, 5.74) is 3.63. The Balaban J connectivity index is 1.33. The zero-order chi connectivity index (χ0) is 24.2. The topological polar surface area (TPSA) is 106 Å². The van der Waals surface area contributed by atoms with Crippen molar-refractivity contribution in [2.75, 3.05) is 19.0 Å². The number of anilines is 1. The lowest BCUT2D eigenvalue weighted by Gasteiger charge is -2.27. The summed E-state index contributed by atoms with van der Waals surface area (Å²) in [5.74, 6) is 0.878. The Morgan fingerprint density at radius 2 is 1.97 bits per heavy atom. The van der Waals surface area contributed by atoms with Gasteiger partial charge in [0.25, 0.3) is 0 Å². The summed E-state index contributed by atoms with van der Waals surface area (Å²) >= 11 is 0. The third-order valence-corrected chi connectivity index (χ3v) is 6.28. The molecule has 0 unspecified atom stereocenters. The molecule has 1 fully saturated rings. The Morgan fingerprint density at radius 3 is 2.74 bits per heavy atom. The molecular weight excluding hydrogens is 444 g/mol. The molecule has 1 saturated carbocycles. The molecule has 1 aliphatic carbocycles. The second-order valence-corrected chi connectivity index (χ2v) is 8.47. The van der Waals surface area contributed by atoms with E-state index in [0.29, 0.717) is 23.8 Å². The predicted molar refractivity (Wildman–Crippen MR) is 133 cm³/mol. The summed E-state index contributed by atoms with van der Waals surface area (Å²) in [6.45, 7) is 0.634. The highest BCUT2D eigenvalue weighted by Crippen LogP contribution is 2.32. The number of nitrogens with one attached hydrogen (secondary N) is 1. The number of carbonyl (C=O) groups is 1. The lowest BCUT2D eigenvalue weighted by Crippen LogP contribution is -2.25. The van der Waals surface area contributed by atoms with E-state index in [1.807, 2.05) is 30.3 Å². The van der Waals surface area contributed by atoms with Crippen molar-refractivity contribution in [3.8, 4) is 22.8 Å². The Morgan fingerprint density at radius 1 is 1.09 bits per heavy atom. The van der Waals surface area contributed by atoms with Gasteiger partial charge in [0.05, 0.1) is 24.4 Å². The molecule has 35 heavy (non-hydrogen) atoms. The van der Waals surface area contributed by atoms with E-state index in [1.165, 1.54) is 6.33 Å². The smallest absolute Gasteiger partial charge is 0.339 e. The molecule has 0 amide bonds. The van der Waals surface area contributed by atoms with Gasteiger partial charge < -0.3 is 19.9 Å². The molecule has 0 radical (unpaired) electrons. The number of aromatic nitrogens is 3. The second-order valence-electron chi connectivity index (χ2n) is 8.47. The molecule has 0 spiro atoms. The number of carboxylic acids is 1. The van der Waals surface area contributed by atoms with Crippen molar-refractivity contribution >= 4 is 22.7 Å². The SMILES string of the molecule is COc1ccc2ncccc2c1CCNc1cc(-c2ccc(C(=O)O)c(OC3CCC3)c2)ncn1. The van der Waals surface area contributed by atoms with E-state index in [1.54, 1.807) is 31.5 Å². The van der Waals surface area contributed by atoms with Crippen molar-refractivity contribution < 1.29 is 19.4 Å². The monoisotopic (exact) mass is 470 g/mol. The summed E-state index contributed by atoms with van der Waals surface area (Å²) in [6.07, 6.45) is 7.08. The van der Waals surface area contributed by atoms with Crippen molar-refractivity contribution in [2.24, 2.45) is 0 Å². The van der Waals surface area contributed by atoms with Gasteiger partial charge in [-0.15, -0.1) is 0 Å². The van der Waals surface area contributed by atoms with Gasteiger partial charge in [-0.1, -0.05) is 12.1 Å². The summed E-state index contributed by atoms with van der Waals surface area (Å²) in [6, 6.07) is 14.8. The van der Waals surface area contributed by atoms with Crippen LogP contribution in [0.4, 0.5) is 5.82 Å². The van der Waals surface area contributed by atoms with Crippen LogP contribution in [0.3, 0.4) is 0 Å². The summed E-state index contributed by atoms with van der Waals surface area (Å²) in [5, 5.41) is 14.0. The van der Waals surface area contributed by atoms with E-state index in [0.717, 1.165) is 53.5 Å². The number of ether oxygens (including phenoxy) is 2. The number of benzene rings is 2. The highest BCUT2D eigenvalue weighted by atomic mass is 16.5. The molecular formula is C27H26N4O4. The molecule has 2 aromatic carbocycles. The number of rotatable bonds is 9. The van der Waals surface area contributed by atoms with Gasteiger partial charge >= 0.3 is 5.97 Å². The molecule has 8 heteroatoms. The first kappa shape index (κ1) is 22.6. The number of nitrogens with zero attached hydrogens (tertiary/aromatic N) is 3. The number of hydrogen-bond acceptors (Lipinski definition) is 7. The molecule has 0 saturated heterocycles. The Labute approximate surface area is 203 Å². The van der Waals surface area contributed by atoms with Crippen molar-refractivity contribution in [3.63, 3.8) is 0 Å². The lowest BCUT2D eigenvalue weighted by atomic mass is 9.96. The van der Waals surface area contributed by atoms with E-state index in [2.05, 4.69) is 20.3 Å². The van der Waals surface area contributed by atoms with Crippen LogP contribution in [0.25, 0.3) is 22.2 Å². The molecule has 5 rings (SSSR count). The predicted octanol–water partition coefficient (Wildman–Crippen LogP) is 4.98. The summed E-state index contributed by atoms with van der Waals surface area (Å²) < 4.78 is 11.5. The van der Waals surface area contributed by atoms with E-state index < -0.39 is 5.97 Å². The highest BCUT2D eigenvalue weighted by molar-refractivity contribution is 5.92. The third-order valence-electron chi connectivity index (χ3n) is 6.28. The number of aromatic carboxylic acids is 1. The van der Waals surface area contributed by atoms with Crippen LogP contribution in [0.2, 0.25) is 0 Å². The van der Waals surface area contributed by atoms with Gasteiger partial charge in [-0.3, -0.25) is 4.98 Å². The van der Waals surface area contributed by atoms with Gasteiger partial charge in [0, 0.05) is 35.3 Å². The van der Waals surface area contributed by atoms with Gasteiger partial charge in [-0.25, -0.2) is 14.8 Å². The quantitative estimate of drug-likeness (QED) is 0.353. The fraction of sp³-hybridized carbons (Fsp3) is 0.259. The van der Waals surface area contributed by atoms with Crippen LogP contribution in [-0.4, -0.2) is 45.8 Å². The highest BCUT2D eigenvalue weighted by Gasteiger charge is 2.22. The van der Waals surface area contributed by atoms with E-state index in [9.17, 15) is 9.90 Å². The maximum absolute atomic E-state index is 11.6. The zero-order valence-corrected chi connectivity index (χ0v) is 19.4. The molecule has 2 aromatic heterocycles. The van der Waals surface area contributed by atoms with Crippen LogP contribution in [0.5, 0.6) is 11.5 Å².